The maximum Gasteiger partial charge on any atom is 0.255 e. The van der Waals surface area contributed by atoms with Gasteiger partial charge in [-0.2, -0.15) is 0 Å². The fourth-order valence-electron chi connectivity index (χ4n) is 2.82. The van der Waals surface area contributed by atoms with Crippen molar-refractivity contribution in [3.63, 3.8) is 0 Å². The van der Waals surface area contributed by atoms with Crippen LogP contribution in [0.25, 0.3) is 0 Å². The van der Waals surface area contributed by atoms with E-state index in [1.807, 2.05) is 24.3 Å². The van der Waals surface area contributed by atoms with Gasteiger partial charge in [0.15, 0.2) is 0 Å². The SMILES string of the molecule is CC(C)(C)c1nc2c(c(=O)[nH]1)CN(Cc1ccc(Cl)cc1)CC2. The highest BCUT2D eigenvalue weighted by Crippen LogP contribution is 2.21. The number of benzene rings is 1. The molecule has 1 aliphatic rings. The van der Waals surface area contributed by atoms with E-state index >= 15 is 0 Å². The number of nitrogens with zero attached hydrogens (tertiary/aromatic N) is 2. The van der Waals surface area contributed by atoms with Gasteiger partial charge in [0, 0.05) is 36.5 Å². The van der Waals surface area contributed by atoms with E-state index in [9.17, 15) is 4.79 Å². The number of halogens is 1. The second kappa shape index (κ2) is 6.10. The van der Waals surface area contributed by atoms with Crippen LogP contribution in [0.4, 0.5) is 0 Å². The highest BCUT2D eigenvalue weighted by atomic mass is 35.5. The molecule has 0 saturated heterocycles. The zero-order valence-corrected chi connectivity index (χ0v) is 14.6. The van der Waals surface area contributed by atoms with Crippen molar-refractivity contribution in [2.75, 3.05) is 6.54 Å². The first-order chi connectivity index (χ1) is 10.8. The first-order valence-corrected chi connectivity index (χ1v) is 8.30. The number of H-pyrrole nitrogens is 1. The summed E-state index contributed by atoms with van der Waals surface area (Å²) in [6, 6.07) is 7.86. The second-order valence-corrected chi connectivity index (χ2v) is 7.61. The smallest absolute Gasteiger partial charge is 0.255 e. The largest absolute Gasteiger partial charge is 0.310 e. The molecule has 3 rings (SSSR count). The van der Waals surface area contributed by atoms with Crippen LogP contribution < -0.4 is 5.56 Å². The molecule has 0 atom stereocenters. The molecule has 0 saturated carbocycles. The average Bonchev–Trinajstić information content (AvgIpc) is 2.49. The normalized spacial score (nSPS) is 15.5. The Morgan fingerprint density at radius 1 is 1.26 bits per heavy atom. The Balaban J connectivity index is 1.81. The Labute approximate surface area is 141 Å². The number of nitrogens with one attached hydrogen (secondary N) is 1. The van der Waals surface area contributed by atoms with Crippen LogP contribution in [-0.4, -0.2) is 21.4 Å². The highest BCUT2D eigenvalue weighted by Gasteiger charge is 2.24. The molecule has 23 heavy (non-hydrogen) atoms. The highest BCUT2D eigenvalue weighted by molar-refractivity contribution is 6.30. The summed E-state index contributed by atoms with van der Waals surface area (Å²) in [5.41, 5.74) is 2.81. The van der Waals surface area contributed by atoms with Crippen molar-refractivity contribution in [2.45, 2.75) is 45.7 Å². The third-order valence-corrected chi connectivity index (χ3v) is 4.43. The molecular weight excluding hydrogens is 310 g/mol. The van der Waals surface area contributed by atoms with Crippen molar-refractivity contribution in [1.29, 1.82) is 0 Å². The van der Waals surface area contributed by atoms with E-state index < -0.39 is 0 Å². The molecule has 0 unspecified atom stereocenters. The molecule has 122 valence electrons. The fourth-order valence-corrected chi connectivity index (χ4v) is 2.95. The third kappa shape index (κ3) is 3.65. The van der Waals surface area contributed by atoms with Crippen LogP contribution in [0.5, 0.6) is 0 Å². The van der Waals surface area contributed by atoms with E-state index in [2.05, 4.69) is 30.7 Å². The lowest BCUT2D eigenvalue weighted by molar-refractivity contribution is 0.241. The summed E-state index contributed by atoms with van der Waals surface area (Å²) in [5.74, 6) is 0.771. The maximum atomic E-state index is 12.4. The number of aromatic amines is 1. The van der Waals surface area contributed by atoms with Gasteiger partial charge < -0.3 is 4.98 Å². The Morgan fingerprint density at radius 3 is 2.61 bits per heavy atom. The van der Waals surface area contributed by atoms with Gasteiger partial charge in [-0.15, -0.1) is 0 Å². The van der Waals surface area contributed by atoms with Crippen molar-refractivity contribution in [1.82, 2.24) is 14.9 Å². The van der Waals surface area contributed by atoms with Crippen LogP contribution >= 0.6 is 11.6 Å². The van der Waals surface area contributed by atoms with Crippen LogP contribution in [0, 0.1) is 0 Å². The molecule has 2 heterocycles. The summed E-state index contributed by atoms with van der Waals surface area (Å²) in [6.45, 7) is 8.56. The van der Waals surface area contributed by atoms with Crippen molar-refractivity contribution in [3.8, 4) is 0 Å². The van der Waals surface area contributed by atoms with Gasteiger partial charge in [-0.05, 0) is 17.7 Å². The lowest BCUT2D eigenvalue weighted by Gasteiger charge is -2.29. The van der Waals surface area contributed by atoms with Crippen LogP contribution in [0.2, 0.25) is 5.02 Å². The Morgan fingerprint density at radius 2 is 1.96 bits per heavy atom. The quantitative estimate of drug-likeness (QED) is 0.918. The lowest BCUT2D eigenvalue weighted by Crippen LogP contribution is -2.37. The minimum atomic E-state index is -0.144. The van der Waals surface area contributed by atoms with Crippen molar-refractivity contribution in [2.24, 2.45) is 0 Å². The number of fused-ring (bicyclic) bond motifs is 1. The van der Waals surface area contributed by atoms with E-state index in [1.165, 1.54) is 5.56 Å². The number of rotatable bonds is 2. The summed E-state index contributed by atoms with van der Waals surface area (Å²) in [5, 5.41) is 0.744. The van der Waals surface area contributed by atoms with Gasteiger partial charge in [0.05, 0.1) is 11.3 Å². The van der Waals surface area contributed by atoms with E-state index in [1.54, 1.807) is 0 Å². The molecule has 4 nitrogen and oxygen atoms in total. The molecule has 0 aliphatic carbocycles. The van der Waals surface area contributed by atoms with Crippen molar-refractivity contribution >= 4 is 11.6 Å². The van der Waals surface area contributed by atoms with Crippen LogP contribution in [0.3, 0.4) is 0 Å². The number of aromatic nitrogens is 2. The molecule has 1 aromatic carbocycles. The van der Waals surface area contributed by atoms with E-state index in [0.717, 1.165) is 41.6 Å². The predicted molar refractivity (Wildman–Crippen MR) is 92.8 cm³/mol. The molecule has 1 N–H and O–H groups in total. The molecule has 0 amide bonds. The molecule has 0 fully saturated rings. The van der Waals surface area contributed by atoms with E-state index in [-0.39, 0.29) is 11.0 Å². The van der Waals surface area contributed by atoms with Crippen LogP contribution in [-0.2, 0) is 24.9 Å². The molecule has 1 aliphatic heterocycles. The molecule has 1 aromatic heterocycles. The van der Waals surface area contributed by atoms with Gasteiger partial charge in [0.25, 0.3) is 5.56 Å². The fraction of sp³-hybridized carbons (Fsp3) is 0.444. The van der Waals surface area contributed by atoms with Crippen LogP contribution in [0.15, 0.2) is 29.1 Å². The second-order valence-electron chi connectivity index (χ2n) is 7.18. The first-order valence-electron chi connectivity index (χ1n) is 7.92. The topological polar surface area (TPSA) is 49.0 Å². The summed E-state index contributed by atoms with van der Waals surface area (Å²) in [4.78, 5) is 22.4. The van der Waals surface area contributed by atoms with Gasteiger partial charge in [-0.25, -0.2) is 4.98 Å². The first kappa shape index (κ1) is 16.2. The molecule has 2 aromatic rings. The summed E-state index contributed by atoms with van der Waals surface area (Å²) >= 11 is 5.93. The zero-order chi connectivity index (χ0) is 16.6. The summed E-state index contributed by atoms with van der Waals surface area (Å²) < 4.78 is 0. The monoisotopic (exact) mass is 331 g/mol. The number of hydrogen-bond acceptors (Lipinski definition) is 3. The van der Waals surface area contributed by atoms with Gasteiger partial charge in [0.1, 0.15) is 5.82 Å². The third-order valence-electron chi connectivity index (χ3n) is 4.18. The molecular formula is C18H22ClN3O. The van der Waals surface area contributed by atoms with Crippen molar-refractivity contribution < 1.29 is 0 Å². The average molecular weight is 332 g/mol. The van der Waals surface area contributed by atoms with Crippen LogP contribution in [0.1, 0.15) is 43.4 Å². The Bertz CT molecular complexity index is 759. The number of hydrogen-bond donors (Lipinski definition) is 1. The van der Waals surface area contributed by atoms with Gasteiger partial charge in [-0.3, -0.25) is 9.69 Å². The predicted octanol–water partition coefficient (Wildman–Crippen LogP) is 3.28. The van der Waals surface area contributed by atoms with Gasteiger partial charge in [0.2, 0.25) is 0 Å². The molecule has 0 radical (unpaired) electrons. The minimum Gasteiger partial charge on any atom is -0.310 e. The zero-order valence-electron chi connectivity index (χ0n) is 13.8. The van der Waals surface area contributed by atoms with Gasteiger partial charge in [-0.1, -0.05) is 44.5 Å². The maximum absolute atomic E-state index is 12.4. The van der Waals surface area contributed by atoms with E-state index in [0.29, 0.717) is 6.54 Å². The summed E-state index contributed by atoms with van der Waals surface area (Å²) in [6.07, 6.45) is 0.815. The summed E-state index contributed by atoms with van der Waals surface area (Å²) in [7, 11) is 0. The Kier molecular flexibility index (Phi) is 4.30. The standard InChI is InChI=1S/C18H22ClN3O/c1-18(2,3)17-20-15-8-9-22(11-14(15)16(23)21-17)10-12-4-6-13(19)7-5-12/h4-7H,8-11H2,1-3H3,(H,20,21,23). The van der Waals surface area contributed by atoms with Gasteiger partial charge >= 0.3 is 0 Å². The lowest BCUT2D eigenvalue weighted by atomic mass is 9.95. The van der Waals surface area contributed by atoms with E-state index in [4.69, 9.17) is 16.6 Å². The van der Waals surface area contributed by atoms with Crippen molar-refractivity contribution in [3.05, 3.63) is 62.3 Å². The molecule has 0 spiro atoms. The Hall–Kier alpha value is -1.65. The molecule has 0 bridgehead atoms. The minimum absolute atomic E-state index is 0.000677. The molecule has 5 heteroatoms.